The van der Waals surface area contributed by atoms with Gasteiger partial charge in [0.15, 0.2) is 11.5 Å². The number of halogens is 1. The highest BCUT2D eigenvalue weighted by Crippen LogP contribution is 2.63. The third-order valence-electron chi connectivity index (χ3n) is 7.54. The minimum absolute atomic E-state index is 0.00291. The van der Waals surface area contributed by atoms with Crippen LogP contribution < -0.4 is 5.73 Å². The van der Waals surface area contributed by atoms with Crippen LogP contribution in [0, 0.1) is 29.6 Å². The van der Waals surface area contributed by atoms with E-state index in [0.717, 1.165) is 27.4 Å². The molecule has 1 aromatic rings. The van der Waals surface area contributed by atoms with Gasteiger partial charge in [0.2, 0.25) is 0 Å². The molecule has 0 spiro atoms. The van der Waals surface area contributed by atoms with Gasteiger partial charge in [-0.2, -0.15) is 0 Å². The highest BCUT2D eigenvalue weighted by Gasteiger charge is 2.58. The van der Waals surface area contributed by atoms with Gasteiger partial charge >= 0.3 is 0 Å². The number of phenols is 2. The van der Waals surface area contributed by atoms with E-state index in [1.165, 1.54) is 32.1 Å². The van der Waals surface area contributed by atoms with Crippen molar-refractivity contribution in [2.24, 2.45) is 35.3 Å². The van der Waals surface area contributed by atoms with Crippen molar-refractivity contribution < 1.29 is 14.9 Å². The number of fused-ring (bicyclic) bond motifs is 1. The highest BCUT2D eigenvalue weighted by molar-refractivity contribution is 9.10. The Balaban J connectivity index is 1.67. The van der Waals surface area contributed by atoms with Crippen molar-refractivity contribution in [1.29, 1.82) is 0 Å². The number of ether oxygens (including phenoxy) is 1. The zero-order valence-corrected chi connectivity index (χ0v) is 16.0. The average molecular weight is 408 g/mol. The normalized spacial score (nSPS) is 41.8. The predicted octanol–water partition coefficient (Wildman–Crippen LogP) is 3.66. The van der Waals surface area contributed by atoms with E-state index in [9.17, 15) is 10.2 Å². The Labute approximate surface area is 156 Å². The first-order valence-electron chi connectivity index (χ1n) is 9.61. The molecule has 0 radical (unpaired) electrons. The van der Waals surface area contributed by atoms with Crippen LogP contribution in [-0.2, 0) is 16.8 Å². The minimum atomic E-state index is -0.541. The molecule has 4 bridgehead atoms. The summed E-state index contributed by atoms with van der Waals surface area (Å²) in [5.74, 6) is 3.50. The van der Waals surface area contributed by atoms with Gasteiger partial charge in [-0.15, -0.1) is 0 Å². The van der Waals surface area contributed by atoms with Crippen LogP contribution in [0.1, 0.15) is 43.2 Å². The number of nitrogens with two attached hydrogens (primary N) is 1. The zero-order valence-electron chi connectivity index (χ0n) is 14.4. The highest BCUT2D eigenvalue weighted by atomic mass is 79.9. The lowest BCUT2D eigenvalue weighted by Crippen LogP contribution is -2.58. The van der Waals surface area contributed by atoms with Gasteiger partial charge in [-0.3, -0.25) is 0 Å². The van der Waals surface area contributed by atoms with Crippen LogP contribution in [-0.4, -0.2) is 23.4 Å². The summed E-state index contributed by atoms with van der Waals surface area (Å²) >= 11 is 3.64. The monoisotopic (exact) mass is 407 g/mol. The Morgan fingerprint density at radius 2 is 1.76 bits per heavy atom. The van der Waals surface area contributed by atoms with E-state index in [0.29, 0.717) is 37.3 Å². The van der Waals surface area contributed by atoms with Crippen molar-refractivity contribution in [2.45, 2.75) is 44.1 Å². The molecule has 136 valence electrons. The molecule has 1 heterocycles. The van der Waals surface area contributed by atoms with Crippen LogP contribution in [0.4, 0.5) is 0 Å². The van der Waals surface area contributed by atoms with Crippen molar-refractivity contribution in [3.63, 3.8) is 0 Å². The van der Waals surface area contributed by atoms with Crippen LogP contribution in [0.15, 0.2) is 10.5 Å². The molecule has 1 aliphatic heterocycles. The van der Waals surface area contributed by atoms with E-state index < -0.39 is 5.60 Å². The first-order valence-corrected chi connectivity index (χ1v) is 10.4. The number of benzene rings is 1. The lowest BCUT2D eigenvalue weighted by atomic mass is 9.48. The first-order chi connectivity index (χ1) is 12.0. The summed E-state index contributed by atoms with van der Waals surface area (Å²) in [4.78, 5) is 0. The Morgan fingerprint density at radius 3 is 2.36 bits per heavy atom. The standard InChI is InChI=1S/C20H26BrNO3/c21-15-8-16(23)19(24)14-1-2-25-20(9-22,18(14)15)17-12-4-10-3-11(6-12)7-13(17)5-10/h8,10-13,17,23-24H,1-7,9,22H2. The number of hydrogen-bond acceptors (Lipinski definition) is 4. The zero-order chi connectivity index (χ0) is 17.3. The second kappa shape index (κ2) is 5.61. The quantitative estimate of drug-likeness (QED) is 0.653. The molecule has 1 aromatic carbocycles. The Kier molecular flexibility index (Phi) is 3.68. The molecule has 0 aromatic heterocycles. The number of hydrogen-bond donors (Lipinski definition) is 3. The molecule has 1 unspecified atom stereocenters. The smallest absolute Gasteiger partial charge is 0.161 e. The third kappa shape index (κ3) is 2.18. The third-order valence-corrected chi connectivity index (χ3v) is 8.16. The van der Waals surface area contributed by atoms with Crippen molar-refractivity contribution in [3.8, 4) is 11.5 Å². The maximum atomic E-state index is 10.5. The lowest BCUT2D eigenvalue weighted by molar-refractivity contribution is -0.178. The summed E-state index contributed by atoms with van der Waals surface area (Å²) in [7, 11) is 0. The van der Waals surface area contributed by atoms with Gasteiger partial charge in [-0.25, -0.2) is 0 Å². The Morgan fingerprint density at radius 1 is 1.12 bits per heavy atom. The van der Waals surface area contributed by atoms with E-state index in [2.05, 4.69) is 15.9 Å². The Hall–Kier alpha value is -0.780. The topological polar surface area (TPSA) is 75.7 Å². The second-order valence-electron chi connectivity index (χ2n) is 8.73. The van der Waals surface area contributed by atoms with Gasteiger partial charge in [-0.1, -0.05) is 15.9 Å². The fraction of sp³-hybridized carbons (Fsp3) is 0.700. The number of phenolic OH excluding ortho intramolecular Hbond substituents is 2. The molecule has 0 saturated heterocycles. The van der Waals surface area contributed by atoms with E-state index in [4.69, 9.17) is 10.5 Å². The SMILES string of the molecule is NCC1(C2C3CC4CC(C3)CC2C4)OCCc2c(O)c(O)cc(Br)c21. The molecule has 25 heavy (non-hydrogen) atoms. The van der Waals surface area contributed by atoms with Gasteiger partial charge in [0.1, 0.15) is 5.60 Å². The minimum Gasteiger partial charge on any atom is -0.504 e. The van der Waals surface area contributed by atoms with Crippen molar-refractivity contribution >= 4 is 15.9 Å². The van der Waals surface area contributed by atoms with Gasteiger partial charge in [0.05, 0.1) is 6.61 Å². The average Bonchev–Trinajstić information content (AvgIpc) is 2.58. The fourth-order valence-corrected chi connectivity index (χ4v) is 7.82. The summed E-state index contributed by atoms with van der Waals surface area (Å²) in [6.07, 6.45) is 7.26. The van der Waals surface area contributed by atoms with E-state index in [-0.39, 0.29) is 11.5 Å². The molecule has 5 heteroatoms. The molecule has 4 N–H and O–H groups in total. The molecule has 0 amide bonds. The molecular formula is C20H26BrNO3. The molecule has 4 fully saturated rings. The second-order valence-corrected chi connectivity index (χ2v) is 9.58. The van der Waals surface area contributed by atoms with Crippen LogP contribution in [0.5, 0.6) is 11.5 Å². The Bertz CT molecular complexity index is 693. The van der Waals surface area contributed by atoms with E-state index in [1.807, 2.05) is 0 Å². The van der Waals surface area contributed by atoms with Gasteiger partial charge in [-0.05, 0) is 67.8 Å². The molecule has 4 saturated carbocycles. The van der Waals surface area contributed by atoms with Crippen molar-refractivity contribution in [3.05, 3.63) is 21.7 Å². The van der Waals surface area contributed by atoms with Crippen molar-refractivity contribution in [2.75, 3.05) is 13.2 Å². The molecule has 6 rings (SSSR count). The summed E-state index contributed by atoms with van der Waals surface area (Å²) < 4.78 is 7.31. The largest absolute Gasteiger partial charge is 0.504 e. The summed E-state index contributed by atoms with van der Waals surface area (Å²) in [6, 6.07) is 1.60. The van der Waals surface area contributed by atoms with Crippen LogP contribution in [0.3, 0.4) is 0 Å². The van der Waals surface area contributed by atoms with E-state index in [1.54, 1.807) is 6.07 Å². The van der Waals surface area contributed by atoms with Gasteiger partial charge < -0.3 is 20.7 Å². The molecule has 4 nitrogen and oxygen atoms in total. The molecule has 4 aliphatic carbocycles. The molecule has 5 aliphatic rings. The summed E-state index contributed by atoms with van der Waals surface area (Å²) in [6.45, 7) is 0.978. The first kappa shape index (κ1) is 16.4. The van der Waals surface area contributed by atoms with Crippen molar-refractivity contribution in [1.82, 2.24) is 0 Å². The van der Waals surface area contributed by atoms with Gasteiger partial charge in [0, 0.05) is 28.6 Å². The van der Waals surface area contributed by atoms with Crippen LogP contribution in [0.25, 0.3) is 0 Å². The van der Waals surface area contributed by atoms with Crippen LogP contribution in [0.2, 0.25) is 0 Å². The fourth-order valence-electron chi connectivity index (χ4n) is 7.03. The van der Waals surface area contributed by atoms with E-state index >= 15 is 0 Å². The molecular weight excluding hydrogens is 382 g/mol. The predicted molar refractivity (Wildman–Crippen MR) is 98.4 cm³/mol. The number of aromatic hydroxyl groups is 2. The lowest BCUT2D eigenvalue weighted by Gasteiger charge is -2.60. The maximum Gasteiger partial charge on any atom is 0.161 e. The summed E-state index contributed by atoms with van der Waals surface area (Å²) in [5, 5.41) is 20.5. The summed E-state index contributed by atoms with van der Waals surface area (Å²) in [5.41, 5.74) is 7.67. The van der Waals surface area contributed by atoms with Gasteiger partial charge in [0.25, 0.3) is 0 Å². The maximum absolute atomic E-state index is 10.5. The number of rotatable bonds is 2. The van der Waals surface area contributed by atoms with Crippen LogP contribution >= 0.6 is 15.9 Å². The molecule has 1 atom stereocenters.